The number of aliphatic hydroxyl groups is 2. The summed E-state index contributed by atoms with van der Waals surface area (Å²) in [5.41, 5.74) is 3.50. The van der Waals surface area contributed by atoms with Crippen molar-refractivity contribution < 1.29 is 15.0 Å². The highest BCUT2D eigenvalue weighted by molar-refractivity contribution is 5.58. The minimum absolute atomic E-state index is 0.125. The van der Waals surface area contributed by atoms with Gasteiger partial charge in [-0.15, -0.1) is 13.2 Å². The highest BCUT2D eigenvalue weighted by Crippen LogP contribution is 2.65. The van der Waals surface area contributed by atoms with Gasteiger partial charge in [0.1, 0.15) is 12.6 Å². The Labute approximate surface area is 223 Å². The summed E-state index contributed by atoms with van der Waals surface area (Å²) in [6.45, 7) is 18.4. The number of imidazole rings is 1. The van der Waals surface area contributed by atoms with E-state index in [2.05, 4.69) is 74.4 Å². The molecule has 5 heteroatoms. The molecule has 5 nitrogen and oxygen atoms in total. The van der Waals surface area contributed by atoms with E-state index in [1.54, 1.807) is 5.57 Å². The third kappa shape index (κ3) is 5.53. The molecule has 4 aliphatic carbocycles. The fourth-order valence-corrected chi connectivity index (χ4v) is 7.62. The van der Waals surface area contributed by atoms with Gasteiger partial charge in [0.05, 0.1) is 16.8 Å². The van der Waals surface area contributed by atoms with E-state index in [1.807, 2.05) is 12.4 Å². The van der Waals surface area contributed by atoms with Crippen LogP contribution in [0.2, 0.25) is 0 Å². The van der Waals surface area contributed by atoms with Crippen LogP contribution in [0.5, 0.6) is 0 Å². The third-order valence-corrected chi connectivity index (χ3v) is 9.26. The highest BCUT2D eigenvalue weighted by Gasteiger charge is 2.57. The zero-order valence-corrected chi connectivity index (χ0v) is 23.6. The average Bonchev–Trinajstić information content (AvgIpc) is 3.47. The Kier molecular flexibility index (Phi) is 11.1. The molecule has 0 amide bonds. The molecule has 5 rings (SSSR count). The summed E-state index contributed by atoms with van der Waals surface area (Å²) in [7, 11) is 1.00. The molecule has 37 heavy (non-hydrogen) atoms. The van der Waals surface area contributed by atoms with Crippen LogP contribution < -0.4 is 10.7 Å². The number of aldehydes is 1. The molecule has 0 aromatic carbocycles. The second kappa shape index (κ2) is 13.3. The summed E-state index contributed by atoms with van der Waals surface area (Å²) in [6.07, 6.45) is 21.6. The molecule has 204 valence electrons. The number of aliphatic hydroxyl groups excluding tert-OH is 2. The van der Waals surface area contributed by atoms with Crippen LogP contribution in [-0.2, 0) is 4.79 Å². The van der Waals surface area contributed by atoms with Crippen LogP contribution in [-0.4, -0.2) is 39.3 Å². The molecular formula is C32H48N2O3. The van der Waals surface area contributed by atoms with Crippen LogP contribution in [0.1, 0.15) is 72.6 Å². The molecule has 0 radical (unpaired) electrons. The van der Waals surface area contributed by atoms with Gasteiger partial charge in [0.15, 0.2) is 0 Å². The van der Waals surface area contributed by atoms with Crippen molar-refractivity contribution in [1.82, 2.24) is 9.55 Å². The Morgan fingerprint density at radius 2 is 1.70 bits per heavy atom. The van der Waals surface area contributed by atoms with E-state index in [4.69, 9.17) is 9.90 Å². The van der Waals surface area contributed by atoms with Crippen molar-refractivity contribution in [1.29, 1.82) is 0 Å². The minimum atomic E-state index is -0.125. The summed E-state index contributed by atoms with van der Waals surface area (Å²) >= 11 is 0. The van der Waals surface area contributed by atoms with Crippen LogP contribution in [0, 0.1) is 28.6 Å². The monoisotopic (exact) mass is 508 g/mol. The molecule has 6 unspecified atom stereocenters. The van der Waals surface area contributed by atoms with Gasteiger partial charge in [-0.2, -0.15) is 0 Å². The smallest absolute Gasteiger partial charge is 0.116 e. The molecule has 4 aliphatic rings. The maximum atomic E-state index is 10.2. The van der Waals surface area contributed by atoms with E-state index in [9.17, 15) is 5.11 Å². The highest BCUT2D eigenvalue weighted by atomic mass is 16.3. The molecule has 2 fully saturated rings. The maximum absolute atomic E-state index is 10.2. The predicted octanol–water partition coefficient (Wildman–Crippen LogP) is 5.04. The number of rotatable bonds is 2. The van der Waals surface area contributed by atoms with Crippen molar-refractivity contribution in [3.05, 3.63) is 60.6 Å². The van der Waals surface area contributed by atoms with Gasteiger partial charge in [0, 0.05) is 18.2 Å². The summed E-state index contributed by atoms with van der Waals surface area (Å²) in [5, 5.41) is 19.4. The van der Waals surface area contributed by atoms with Crippen molar-refractivity contribution in [2.75, 3.05) is 7.11 Å². The lowest BCUT2D eigenvalue weighted by Gasteiger charge is -2.57. The lowest BCUT2D eigenvalue weighted by molar-refractivity contribution is -0.106. The van der Waals surface area contributed by atoms with Crippen molar-refractivity contribution in [3.8, 4) is 0 Å². The number of carbonyl (C=O) groups excluding carboxylic acids is 1. The average molecular weight is 509 g/mol. The first-order valence-electron chi connectivity index (χ1n) is 13.6. The van der Waals surface area contributed by atoms with Gasteiger partial charge in [-0.3, -0.25) is 0 Å². The predicted molar refractivity (Wildman–Crippen MR) is 155 cm³/mol. The normalized spacial score (nSPS) is 34.4. The fraction of sp³-hybridized carbons (Fsp3) is 0.562. The summed E-state index contributed by atoms with van der Waals surface area (Å²) < 4.78 is 2.33. The Bertz CT molecular complexity index is 1110. The molecule has 0 spiro atoms. The zero-order chi connectivity index (χ0) is 27.8. The number of allylic oxidation sites excluding steroid dienone is 4. The SMILES string of the molecule is C=C.C=C/C=c1\c(=C/C)ncn1C1=CCC2C3CC=C4CC(O)CCC4(C)C3CCC12C.CC=O.CO. The molecule has 0 bridgehead atoms. The number of carbonyl (C=O) groups is 1. The van der Waals surface area contributed by atoms with E-state index >= 15 is 0 Å². The zero-order valence-electron chi connectivity index (χ0n) is 23.6. The lowest BCUT2D eigenvalue weighted by atomic mass is 9.48. The van der Waals surface area contributed by atoms with Gasteiger partial charge in [-0.25, -0.2) is 4.98 Å². The molecule has 6 atom stereocenters. The van der Waals surface area contributed by atoms with Gasteiger partial charge in [-0.05, 0) is 88.0 Å². The van der Waals surface area contributed by atoms with E-state index in [0.717, 1.165) is 55.2 Å². The quantitative estimate of drug-likeness (QED) is 0.434. The van der Waals surface area contributed by atoms with Crippen LogP contribution in [0.4, 0.5) is 0 Å². The first-order chi connectivity index (χ1) is 17.8. The molecular weight excluding hydrogens is 460 g/mol. The molecule has 0 aliphatic heterocycles. The molecule has 1 heterocycles. The lowest BCUT2D eigenvalue weighted by Crippen LogP contribution is -2.50. The van der Waals surface area contributed by atoms with Gasteiger partial charge in [0.2, 0.25) is 0 Å². The first-order valence-corrected chi connectivity index (χ1v) is 13.6. The second-order valence-corrected chi connectivity index (χ2v) is 10.7. The number of hydrogen-bond donors (Lipinski definition) is 2. The van der Waals surface area contributed by atoms with Crippen molar-refractivity contribution in [3.63, 3.8) is 0 Å². The minimum Gasteiger partial charge on any atom is -0.400 e. The van der Waals surface area contributed by atoms with E-state index in [1.165, 1.54) is 38.3 Å². The van der Waals surface area contributed by atoms with E-state index in [-0.39, 0.29) is 11.5 Å². The summed E-state index contributed by atoms with van der Waals surface area (Å²) in [6, 6.07) is 0. The van der Waals surface area contributed by atoms with Crippen molar-refractivity contribution in [2.24, 2.45) is 28.6 Å². The standard InChI is InChI=1S/C27H36N2O.C2H4O.C2H4.CH4O/c1-5-7-24-23(6-2)28-17-29(24)25-11-10-21-20-9-8-18-16-19(30)12-14-26(18,3)22(20)13-15-27(21,25)4;1-2-3;2*1-2/h5-8,11,17,19-22,30H,1,9-10,12-16H2,2-4H3;2H,1H3;1-2H2;2H,1H3/b23-6+,24-7+;;;. The molecule has 2 saturated carbocycles. The van der Waals surface area contributed by atoms with Crippen LogP contribution in [0.25, 0.3) is 17.8 Å². The summed E-state index contributed by atoms with van der Waals surface area (Å²) in [4.78, 5) is 13.5. The number of aromatic nitrogens is 2. The van der Waals surface area contributed by atoms with E-state index < -0.39 is 0 Å². The second-order valence-electron chi connectivity index (χ2n) is 10.7. The van der Waals surface area contributed by atoms with Gasteiger partial charge >= 0.3 is 0 Å². The van der Waals surface area contributed by atoms with E-state index in [0.29, 0.717) is 11.3 Å². The molecule has 0 saturated heterocycles. The summed E-state index contributed by atoms with van der Waals surface area (Å²) in [5.74, 6) is 2.20. The number of hydrogen-bond acceptors (Lipinski definition) is 4. The van der Waals surface area contributed by atoms with Crippen LogP contribution in [0.3, 0.4) is 0 Å². The maximum Gasteiger partial charge on any atom is 0.116 e. The third-order valence-electron chi connectivity index (χ3n) is 9.26. The first kappa shape index (κ1) is 30.7. The van der Waals surface area contributed by atoms with Crippen LogP contribution in [0.15, 0.2) is 49.9 Å². The Hall–Kier alpha value is -2.50. The van der Waals surface area contributed by atoms with Gasteiger partial charge < -0.3 is 19.6 Å². The van der Waals surface area contributed by atoms with Crippen molar-refractivity contribution in [2.45, 2.75) is 78.7 Å². The van der Waals surface area contributed by atoms with Crippen molar-refractivity contribution >= 4 is 24.1 Å². The Morgan fingerprint density at radius 3 is 2.32 bits per heavy atom. The Balaban J connectivity index is 0.000000630. The largest absolute Gasteiger partial charge is 0.400 e. The van der Waals surface area contributed by atoms with Crippen LogP contribution >= 0.6 is 0 Å². The number of fused-ring (bicyclic) bond motifs is 5. The molecule has 1 aromatic heterocycles. The van der Waals surface area contributed by atoms with Gasteiger partial charge in [-0.1, -0.05) is 50.3 Å². The number of nitrogens with zero attached hydrogens (tertiary/aromatic N) is 2. The molecule has 2 N–H and O–H groups in total. The Morgan fingerprint density at radius 1 is 1.05 bits per heavy atom. The topological polar surface area (TPSA) is 75.3 Å². The van der Waals surface area contributed by atoms with Gasteiger partial charge in [0.25, 0.3) is 0 Å². The fourth-order valence-electron chi connectivity index (χ4n) is 7.62. The molecule has 1 aromatic rings.